The number of hydrogen-bond donors (Lipinski definition) is 0. The lowest BCUT2D eigenvalue weighted by atomic mass is 9.83. The summed E-state index contributed by atoms with van der Waals surface area (Å²) in [6.45, 7) is 16.7. The lowest BCUT2D eigenvalue weighted by molar-refractivity contribution is -0.147. The first-order valence-corrected chi connectivity index (χ1v) is 19.0. The monoisotopic (exact) mass is 701 g/mol. The van der Waals surface area contributed by atoms with Gasteiger partial charge in [-0.1, -0.05) is 94.3 Å². The van der Waals surface area contributed by atoms with Crippen LogP contribution in [-0.4, -0.2) is 63.1 Å². The molecule has 3 aromatic rings. The van der Waals surface area contributed by atoms with Crippen LogP contribution in [0.15, 0.2) is 102 Å². The van der Waals surface area contributed by atoms with Gasteiger partial charge >= 0.3 is 11.9 Å². The molecular formula is C45H55N3O4. The number of fused-ring (bicyclic) bond motifs is 1. The quantitative estimate of drug-likeness (QED) is 0.116. The van der Waals surface area contributed by atoms with E-state index in [1.165, 1.54) is 30.4 Å². The summed E-state index contributed by atoms with van der Waals surface area (Å²) in [6, 6.07) is 26.4. The molecule has 1 fully saturated rings. The second-order valence-corrected chi connectivity index (χ2v) is 14.0. The Balaban J connectivity index is 1.51. The van der Waals surface area contributed by atoms with Gasteiger partial charge in [0, 0.05) is 35.6 Å². The Morgan fingerprint density at radius 3 is 1.83 bits per heavy atom. The number of carbonyl (C=O) groups excluding carboxylic acids is 2. The molecule has 2 aliphatic carbocycles. The molecule has 1 saturated carbocycles. The Bertz CT molecular complexity index is 1780. The van der Waals surface area contributed by atoms with Gasteiger partial charge in [-0.3, -0.25) is 9.79 Å². The van der Waals surface area contributed by atoms with Gasteiger partial charge in [-0.25, -0.2) is 4.79 Å². The van der Waals surface area contributed by atoms with E-state index in [0.29, 0.717) is 37.9 Å². The molecule has 0 bridgehead atoms. The van der Waals surface area contributed by atoms with Gasteiger partial charge in [-0.15, -0.1) is 0 Å². The Hall–Kier alpha value is -4.91. The molecule has 7 nitrogen and oxygen atoms in total. The number of rotatable bonds is 15. The molecule has 0 unspecified atom stereocenters. The summed E-state index contributed by atoms with van der Waals surface area (Å²) in [6.07, 6.45) is 10.6. The largest absolute Gasteiger partial charge is 0.464 e. The standard InChI is InChI=1S/C45H55N3O4/c1-7-47(28-30-51-44(49)32(3)4)37-22-18-34(19-23-37)43(35-20-24-38(25-21-35)48(8-2)29-31-52-45(50)33(5)6)41-26-27-42(40-17-13-12-16-39(40)41)46-36-14-10-9-11-15-36/h12-13,16-27,33,36H,3,7-11,14-15,28-31H2,1-2,4-6H3/b43-41-,46-42?. The number of aliphatic imine (C=N–C) groups is 1. The minimum absolute atomic E-state index is 0.139. The number of anilines is 2. The minimum atomic E-state index is -0.363. The van der Waals surface area contributed by atoms with E-state index in [-0.39, 0.29) is 17.9 Å². The number of ether oxygens (including phenoxy) is 2. The van der Waals surface area contributed by atoms with Crippen molar-refractivity contribution in [2.75, 3.05) is 49.2 Å². The van der Waals surface area contributed by atoms with Gasteiger partial charge in [0.1, 0.15) is 13.2 Å². The lowest BCUT2D eigenvalue weighted by Gasteiger charge is -2.26. The SMILES string of the molecule is C=C(C)C(=O)OCCN(CC)c1ccc(/C(=C2\C=CC(=NC3CCCCC3)c3ccccc32)c2ccc(N(CC)CCOC(=O)C(C)C)cc2)cc1. The second kappa shape index (κ2) is 18.5. The summed E-state index contributed by atoms with van der Waals surface area (Å²) in [7, 11) is 0. The van der Waals surface area contributed by atoms with Crippen molar-refractivity contribution in [3.63, 3.8) is 0 Å². The molecule has 274 valence electrons. The predicted octanol–water partition coefficient (Wildman–Crippen LogP) is 9.31. The topological polar surface area (TPSA) is 71.4 Å². The molecular weight excluding hydrogens is 647 g/mol. The van der Waals surface area contributed by atoms with Crippen LogP contribution >= 0.6 is 0 Å². The fourth-order valence-corrected chi connectivity index (χ4v) is 6.91. The van der Waals surface area contributed by atoms with Crippen LogP contribution in [0.3, 0.4) is 0 Å². The van der Waals surface area contributed by atoms with Gasteiger partial charge in [0.25, 0.3) is 0 Å². The molecule has 52 heavy (non-hydrogen) atoms. The van der Waals surface area contributed by atoms with Gasteiger partial charge in [0.05, 0.1) is 30.8 Å². The third-order valence-electron chi connectivity index (χ3n) is 9.89. The van der Waals surface area contributed by atoms with Crippen molar-refractivity contribution in [3.05, 3.63) is 119 Å². The maximum Gasteiger partial charge on any atom is 0.333 e. The van der Waals surface area contributed by atoms with Gasteiger partial charge in [-0.05, 0) is 91.8 Å². The van der Waals surface area contributed by atoms with Gasteiger partial charge < -0.3 is 19.3 Å². The summed E-state index contributed by atoms with van der Waals surface area (Å²) in [4.78, 5) is 33.7. The highest BCUT2D eigenvalue weighted by atomic mass is 16.5. The lowest BCUT2D eigenvalue weighted by Crippen LogP contribution is -2.28. The highest BCUT2D eigenvalue weighted by Crippen LogP contribution is 2.38. The number of allylic oxidation sites excluding steroid dienone is 3. The first-order valence-electron chi connectivity index (χ1n) is 19.0. The number of esters is 2. The first-order chi connectivity index (χ1) is 25.2. The normalized spacial score (nSPS) is 16.0. The van der Waals surface area contributed by atoms with Crippen LogP contribution in [0.1, 0.15) is 89.0 Å². The van der Waals surface area contributed by atoms with E-state index in [9.17, 15) is 9.59 Å². The average molecular weight is 702 g/mol. The van der Waals surface area contributed by atoms with E-state index in [0.717, 1.165) is 65.3 Å². The molecule has 3 aromatic carbocycles. The van der Waals surface area contributed by atoms with E-state index in [1.807, 2.05) is 13.8 Å². The molecule has 5 rings (SSSR count). The highest BCUT2D eigenvalue weighted by Gasteiger charge is 2.22. The first kappa shape index (κ1) is 38.3. The molecule has 0 aromatic heterocycles. The van der Waals surface area contributed by atoms with Crippen molar-refractivity contribution in [3.8, 4) is 0 Å². The van der Waals surface area contributed by atoms with Gasteiger partial charge in [0.15, 0.2) is 0 Å². The number of likely N-dealkylation sites (N-methyl/N-ethyl adjacent to an activating group) is 2. The van der Waals surface area contributed by atoms with E-state index in [2.05, 4.69) is 115 Å². The number of hydrogen-bond acceptors (Lipinski definition) is 7. The highest BCUT2D eigenvalue weighted by molar-refractivity contribution is 6.19. The summed E-state index contributed by atoms with van der Waals surface area (Å²) < 4.78 is 10.9. The smallest absolute Gasteiger partial charge is 0.333 e. The Morgan fingerprint density at radius 1 is 0.769 bits per heavy atom. The molecule has 0 saturated heterocycles. The molecule has 0 spiro atoms. The molecule has 7 heteroatoms. The maximum atomic E-state index is 12.0. The third kappa shape index (κ3) is 9.69. The van der Waals surface area contributed by atoms with Crippen molar-refractivity contribution >= 4 is 40.2 Å². The fraction of sp³-hybridized carbons (Fsp3) is 0.400. The number of carbonyl (C=O) groups is 2. The Labute approximate surface area is 310 Å². The molecule has 0 radical (unpaired) electrons. The molecule has 0 N–H and O–H groups in total. The average Bonchev–Trinajstić information content (AvgIpc) is 3.17. The molecule has 2 aliphatic rings. The Morgan fingerprint density at radius 2 is 1.31 bits per heavy atom. The van der Waals surface area contributed by atoms with Crippen LogP contribution in [-0.2, 0) is 19.1 Å². The van der Waals surface area contributed by atoms with Gasteiger partial charge in [-0.2, -0.15) is 0 Å². The molecule has 0 heterocycles. The van der Waals surface area contributed by atoms with Crippen molar-refractivity contribution in [1.29, 1.82) is 0 Å². The van der Waals surface area contributed by atoms with E-state index < -0.39 is 0 Å². The maximum absolute atomic E-state index is 12.0. The summed E-state index contributed by atoms with van der Waals surface area (Å²) in [5, 5.41) is 0. The minimum Gasteiger partial charge on any atom is -0.464 e. The molecule has 0 atom stereocenters. The Kier molecular flexibility index (Phi) is 13.7. The zero-order valence-corrected chi connectivity index (χ0v) is 31.7. The zero-order chi connectivity index (χ0) is 37.0. The number of nitrogens with zero attached hydrogens (tertiary/aromatic N) is 3. The van der Waals surface area contributed by atoms with Crippen molar-refractivity contribution in [2.45, 2.75) is 72.8 Å². The van der Waals surface area contributed by atoms with Crippen LogP contribution in [0.5, 0.6) is 0 Å². The summed E-state index contributed by atoms with van der Waals surface area (Å²) in [5.74, 6) is -0.673. The van der Waals surface area contributed by atoms with Crippen LogP contribution in [0.4, 0.5) is 11.4 Å². The molecule has 0 aliphatic heterocycles. The van der Waals surface area contributed by atoms with Crippen LogP contribution in [0.25, 0.3) is 11.1 Å². The number of benzene rings is 3. The van der Waals surface area contributed by atoms with Crippen LogP contribution < -0.4 is 9.80 Å². The van der Waals surface area contributed by atoms with Crippen molar-refractivity contribution < 1.29 is 19.1 Å². The van der Waals surface area contributed by atoms with E-state index in [1.54, 1.807) is 6.92 Å². The fourth-order valence-electron chi connectivity index (χ4n) is 6.91. The van der Waals surface area contributed by atoms with Gasteiger partial charge in [0.2, 0.25) is 0 Å². The summed E-state index contributed by atoms with van der Waals surface area (Å²) in [5.41, 5.74) is 10.5. The van der Waals surface area contributed by atoms with Crippen LogP contribution in [0.2, 0.25) is 0 Å². The predicted molar refractivity (Wildman–Crippen MR) is 215 cm³/mol. The second-order valence-electron chi connectivity index (χ2n) is 14.0. The van der Waals surface area contributed by atoms with Crippen LogP contribution in [0, 0.1) is 5.92 Å². The van der Waals surface area contributed by atoms with E-state index >= 15 is 0 Å². The third-order valence-corrected chi connectivity index (χ3v) is 9.89. The van der Waals surface area contributed by atoms with Crippen molar-refractivity contribution in [2.24, 2.45) is 10.9 Å². The van der Waals surface area contributed by atoms with E-state index in [4.69, 9.17) is 14.5 Å². The molecule has 0 amide bonds. The van der Waals surface area contributed by atoms with Crippen molar-refractivity contribution in [1.82, 2.24) is 0 Å². The zero-order valence-electron chi connectivity index (χ0n) is 31.7. The summed E-state index contributed by atoms with van der Waals surface area (Å²) >= 11 is 0.